The van der Waals surface area contributed by atoms with Crippen LogP contribution in [0.4, 0.5) is 0 Å². The van der Waals surface area contributed by atoms with Gasteiger partial charge in [0.2, 0.25) is 5.91 Å². The van der Waals surface area contributed by atoms with Crippen LogP contribution in [0.3, 0.4) is 0 Å². The fraction of sp³-hybridized carbons (Fsp3) is 0.333. The van der Waals surface area contributed by atoms with E-state index < -0.39 is 17.9 Å². The first-order chi connectivity index (χ1) is 8.99. The number of likely N-dealkylation sites (tertiary alicyclic amines) is 1. The van der Waals surface area contributed by atoms with Crippen LogP contribution in [0, 0.1) is 0 Å². The maximum absolute atomic E-state index is 11.9. The highest BCUT2D eigenvalue weighted by molar-refractivity contribution is 6.29. The predicted octanol–water partition coefficient (Wildman–Crippen LogP) is 0.612. The van der Waals surface area contributed by atoms with Crippen molar-refractivity contribution in [2.24, 2.45) is 0 Å². The van der Waals surface area contributed by atoms with Crippen molar-refractivity contribution >= 4 is 29.3 Å². The molecule has 0 radical (unpaired) electrons. The summed E-state index contributed by atoms with van der Waals surface area (Å²) in [5.41, 5.74) is 0.316. The summed E-state index contributed by atoms with van der Waals surface area (Å²) in [4.78, 5) is 39.9. The van der Waals surface area contributed by atoms with E-state index >= 15 is 0 Å². The number of nitrogens with one attached hydrogen (secondary N) is 1. The molecule has 1 unspecified atom stereocenters. The highest BCUT2D eigenvalue weighted by atomic mass is 35.5. The number of aromatic nitrogens is 1. The Bertz CT molecular complexity index is 530. The van der Waals surface area contributed by atoms with Crippen LogP contribution in [-0.2, 0) is 9.59 Å². The second kappa shape index (κ2) is 5.36. The van der Waals surface area contributed by atoms with Gasteiger partial charge in [0, 0.05) is 19.7 Å². The van der Waals surface area contributed by atoms with Crippen molar-refractivity contribution in [2.45, 2.75) is 18.9 Å². The highest BCUT2D eigenvalue weighted by Gasteiger charge is 2.32. The molecular weight excluding hydrogens is 270 g/mol. The first kappa shape index (κ1) is 13.5. The summed E-state index contributed by atoms with van der Waals surface area (Å²) in [6.45, 7) is 0. The lowest BCUT2D eigenvalue weighted by Crippen LogP contribution is -2.52. The first-order valence-corrected chi connectivity index (χ1v) is 6.09. The summed E-state index contributed by atoms with van der Waals surface area (Å²) < 4.78 is 0. The number of halogens is 1. The number of likely N-dealkylation sites (N-methyl/N-ethyl adjacent to an activating group) is 1. The summed E-state index contributed by atoms with van der Waals surface area (Å²) in [6.07, 6.45) is 1.89. The molecule has 2 rings (SSSR count). The van der Waals surface area contributed by atoms with Gasteiger partial charge in [0.1, 0.15) is 11.2 Å². The largest absolute Gasteiger partial charge is 0.340 e. The van der Waals surface area contributed by atoms with Crippen molar-refractivity contribution in [2.75, 3.05) is 7.05 Å². The minimum atomic E-state index is -0.675. The fourth-order valence-electron chi connectivity index (χ4n) is 1.80. The molecule has 3 amide bonds. The molecule has 0 saturated carbocycles. The number of carbonyl (C=O) groups is 3. The number of hydrogen-bond donors (Lipinski definition) is 1. The summed E-state index contributed by atoms with van der Waals surface area (Å²) in [6, 6.07) is 2.34. The topological polar surface area (TPSA) is 79.4 Å². The molecule has 6 nitrogen and oxygen atoms in total. The second-order valence-electron chi connectivity index (χ2n) is 4.23. The fourth-order valence-corrected chi connectivity index (χ4v) is 1.91. The molecule has 19 heavy (non-hydrogen) atoms. The molecule has 1 saturated heterocycles. The SMILES string of the molecule is CN1C(=O)CCC(NC(=O)c2ccc(Cl)nc2)C1=O. The van der Waals surface area contributed by atoms with Gasteiger partial charge in [-0.1, -0.05) is 11.6 Å². The van der Waals surface area contributed by atoms with E-state index in [2.05, 4.69) is 10.3 Å². The van der Waals surface area contributed by atoms with Gasteiger partial charge in [-0.05, 0) is 18.6 Å². The lowest BCUT2D eigenvalue weighted by Gasteiger charge is -2.28. The van der Waals surface area contributed by atoms with Gasteiger partial charge < -0.3 is 5.32 Å². The molecule has 7 heteroatoms. The zero-order valence-corrected chi connectivity index (χ0v) is 11.0. The molecule has 1 aromatic heterocycles. The smallest absolute Gasteiger partial charge is 0.253 e. The molecular formula is C12H12ClN3O3. The van der Waals surface area contributed by atoms with Crippen LogP contribution in [0.1, 0.15) is 23.2 Å². The number of carbonyl (C=O) groups excluding carboxylic acids is 3. The molecule has 0 aromatic carbocycles. The number of piperidine rings is 1. The van der Waals surface area contributed by atoms with Gasteiger partial charge in [0.05, 0.1) is 5.56 Å². The molecule has 1 aromatic rings. The quantitative estimate of drug-likeness (QED) is 0.636. The minimum Gasteiger partial charge on any atom is -0.340 e. The number of hydrogen-bond acceptors (Lipinski definition) is 4. The molecule has 100 valence electrons. The molecule has 1 aliphatic rings. The van der Waals surface area contributed by atoms with Gasteiger partial charge in [-0.25, -0.2) is 4.98 Å². The first-order valence-electron chi connectivity index (χ1n) is 5.72. The molecule has 1 aliphatic heterocycles. The van der Waals surface area contributed by atoms with Crippen LogP contribution < -0.4 is 5.32 Å². The molecule has 0 bridgehead atoms. The number of pyridine rings is 1. The normalized spacial score (nSPS) is 19.5. The van der Waals surface area contributed by atoms with Crippen LogP contribution in [0.5, 0.6) is 0 Å². The van der Waals surface area contributed by atoms with E-state index in [1.54, 1.807) is 0 Å². The van der Waals surface area contributed by atoms with E-state index in [0.29, 0.717) is 12.0 Å². The Morgan fingerprint density at radius 2 is 2.21 bits per heavy atom. The van der Waals surface area contributed by atoms with Crippen molar-refractivity contribution in [1.82, 2.24) is 15.2 Å². The zero-order valence-electron chi connectivity index (χ0n) is 10.2. The molecule has 0 aliphatic carbocycles. The van der Waals surface area contributed by atoms with Crippen molar-refractivity contribution < 1.29 is 14.4 Å². The third kappa shape index (κ3) is 2.90. The van der Waals surface area contributed by atoms with Crippen molar-refractivity contribution in [3.63, 3.8) is 0 Å². The third-order valence-electron chi connectivity index (χ3n) is 2.94. The van der Waals surface area contributed by atoms with Gasteiger partial charge in [-0.15, -0.1) is 0 Å². The average molecular weight is 282 g/mol. The Labute approximate surface area is 114 Å². The Hall–Kier alpha value is -1.95. The van der Waals surface area contributed by atoms with E-state index in [1.807, 2.05) is 0 Å². The van der Waals surface area contributed by atoms with Crippen LogP contribution >= 0.6 is 11.6 Å². The molecule has 1 atom stereocenters. The van der Waals surface area contributed by atoms with Crippen LogP contribution in [0.15, 0.2) is 18.3 Å². The van der Waals surface area contributed by atoms with Crippen molar-refractivity contribution in [3.05, 3.63) is 29.0 Å². The molecule has 0 spiro atoms. The number of imide groups is 1. The second-order valence-corrected chi connectivity index (χ2v) is 4.61. The van der Waals surface area contributed by atoms with E-state index in [1.165, 1.54) is 25.4 Å². The lowest BCUT2D eigenvalue weighted by atomic mass is 10.0. The highest BCUT2D eigenvalue weighted by Crippen LogP contribution is 2.12. The number of nitrogens with zero attached hydrogens (tertiary/aromatic N) is 2. The Kier molecular flexibility index (Phi) is 3.80. The van der Waals surface area contributed by atoms with E-state index in [9.17, 15) is 14.4 Å². The van der Waals surface area contributed by atoms with Crippen LogP contribution in [0.25, 0.3) is 0 Å². The minimum absolute atomic E-state index is 0.233. The Morgan fingerprint density at radius 3 is 2.84 bits per heavy atom. The van der Waals surface area contributed by atoms with Gasteiger partial charge >= 0.3 is 0 Å². The lowest BCUT2D eigenvalue weighted by molar-refractivity contribution is -0.147. The van der Waals surface area contributed by atoms with Gasteiger partial charge in [-0.2, -0.15) is 0 Å². The van der Waals surface area contributed by atoms with Gasteiger partial charge in [-0.3, -0.25) is 19.3 Å². The Morgan fingerprint density at radius 1 is 1.47 bits per heavy atom. The summed E-state index contributed by atoms with van der Waals surface area (Å²) in [7, 11) is 1.41. The van der Waals surface area contributed by atoms with Crippen LogP contribution in [0.2, 0.25) is 5.15 Å². The predicted molar refractivity (Wildman–Crippen MR) is 67.5 cm³/mol. The van der Waals surface area contributed by atoms with Crippen LogP contribution in [-0.4, -0.2) is 40.7 Å². The van der Waals surface area contributed by atoms with E-state index in [0.717, 1.165) is 4.90 Å². The van der Waals surface area contributed by atoms with Crippen molar-refractivity contribution in [1.29, 1.82) is 0 Å². The van der Waals surface area contributed by atoms with E-state index in [-0.39, 0.29) is 17.5 Å². The van der Waals surface area contributed by atoms with Crippen molar-refractivity contribution in [3.8, 4) is 0 Å². The molecule has 1 N–H and O–H groups in total. The number of rotatable bonds is 2. The zero-order chi connectivity index (χ0) is 14.0. The number of amides is 3. The molecule has 2 heterocycles. The summed E-state index contributed by atoms with van der Waals surface area (Å²) in [5, 5.41) is 2.88. The van der Waals surface area contributed by atoms with E-state index in [4.69, 9.17) is 11.6 Å². The third-order valence-corrected chi connectivity index (χ3v) is 3.17. The summed E-state index contributed by atoms with van der Waals surface area (Å²) >= 11 is 5.63. The monoisotopic (exact) mass is 281 g/mol. The Balaban J connectivity index is 2.05. The molecule has 1 fully saturated rings. The standard InChI is InChI=1S/C12H12ClN3O3/c1-16-10(17)5-3-8(12(16)19)15-11(18)7-2-4-9(13)14-6-7/h2,4,6,8H,3,5H2,1H3,(H,15,18). The van der Waals surface area contributed by atoms with Gasteiger partial charge in [0.15, 0.2) is 0 Å². The maximum atomic E-state index is 11.9. The average Bonchev–Trinajstić information content (AvgIpc) is 2.40. The maximum Gasteiger partial charge on any atom is 0.253 e. The van der Waals surface area contributed by atoms with Gasteiger partial charge in [0.25, 0.3) is 11.8 Å². The summed E-state index contributed by atoms with van der Waals surface area (Å²) in [5.74, 6) is -1.04.